The van der Waals surface area contributed by atoms with Crippen molar-refractivity contribution in [3.8, 4) is 0 Å². The minimum absolute atomic E-state index is 0. The third-order valence-corrected chi connectivity index (χ3v) is 6.25. The molecule has 0 aromatic heterocycles. The molecule has 0 aromatic rings. The second kappa shape index (κ2) is 12.3. The standard InChI is InChI=1S/C18H33B2O6P.Y/c1-9(2)14-16(12(6)18(20)25-14)26-27(21)22-8-7-13-15(23-10(3)4)11(5)17(19)24-13;/h9-18,27H,7-8H2,1-6H3;/t11-,12-,13+,14+,15?,16?,17+,18+;/m0./s1. The zero-order valence-electron chi connectivity index (χ0n) is 17.9. The van der Waals surface area contributed by atoms with E-state index in [1.165, 1.54) is 0 Å². The van der Waals surface area contributed by atoms with Gasteiger partial charge in [-0.25, -0.2) is 0 Å². The monoisotopic (exact) mass is 487 g/mol. The Hall–Kier alpha value is 1.26. The van der Waals surface area contributed by atoms with Crippen LogP contribution < -0.4 is 0 Å². The van der Waals surface area contributed by atoms with Crippen molar-refractivity contribution in [3.63, 3.8) is 0 Å². The van der Waals surface area contributed by atoms with Crippen LogP contribution in [0.5, 0.6) is 0 Å². The first-order valence-electron chi connectivity index (χ1n) is 9.92. The molecule has 0 aliphatic carbocycles. The predicted octanol–water partition coefficient (Wildman–Crippen LogP) is 2.67. The Labute approximate surface area is 198 Å². The van der Waals surface area contributed by atoms with Crippen LogP contribution in [0, 0.1) is 17.8 Å². The molecule has 5 radical (unpaired) electrons. The number of rotatable bonds is 9. The minimum atomic E-state index is -2.67. The Morgan fingerprint density at radius 3 is 2.14 bits per heavy atom. The van der Waals surface area contributed by atoms with E-state index in [4.69, 9.17) is 39.0 Å². The van der Waals surface area contributed by atoms with Gasteiger partial charge in [-0.2, -0.15) is 0 Å². The van der Waals surface area contributed by atoms with Crippen molar-refractivity contribution in [2.45, 2.75) is 90.5 Å². The Balaban J connectivity index is 0.00000392. The van der Waals surface area contributed by atoms with Crippen LogP contribution in [0.1, 0.15) is 48.0 Å². The van der Waals surface area contributed by atoms with Crippen LogP contribution in [0.3, 0.4) is 0 Å². The fraction of sp³-hybridized carbons (Fsp3) is 1.00. The van der Waals surface area contributed by atoms with Gasteiger partial charge < -0.3 is 23.3 Å². The summed E-state index contributed by atoms with van der Waals surface area (Å²) in [4.78, 5) is 0. The van der Waals surface area contributed by atoms with E-state index in [-0.39, 0.29) is 93.6 Å². The summed E-state index contributed by atoms with van der Waals surface area (Å²) < 4.78 is 40.9. The van der Waals surface area contributed by atoms with Crippen molar-refractivity contribution >= 4 is 23.9 Å². The summed E-state index contributed by atoms with van der Waals surface area (Å²) in [6.45, 7) is 12.2. The molecule has 0 spiro atoms. The van der Waals surface area contributed by atoms with Crippen LogP contribution in [-0.2, 0) is 60.5 Å². The molecule has 2 aliphatic heterocycles. The van der Waals surface area contributed by atoms with Gasteiger partial charge in [0, 0.05) is 56.6 Å². The van der Waals surface area contributed by atoms with Crippen molar-refractivity contribution < 1.29 is 60.5 Å². The summed E-state index contributed by atoms with van der Waals surface area (Å²) in [5, 5.41) is 0. The Kier molecular flexibility index (Phi) is 12.0. The fourth-order valence-electron chi connectivity index (χ4n) is 3.67. The van der Waals surface area contributed by atoms with Crippen LogP contribution >= 0.6 is 8.25 Å². The Morgan fingerprint density at radius 2 is 1.57 bits per heavy atom. The number of hydrogen-bond donors (Lipinski definition) is 0. The van der Waals surface area contributed by atoms with Crippen molar-refractivity contribution in [1.29, 1.82) is 0 Å². The Bertz CT molecular complexity index is 501. The topological polar surface area (TPSA) is 63.2 Å². The van der Waals surface area contributed by atoms with Gasteiger partial charge in [0.05, 0.1) is 37.1 Å². The normalized spacial score (nSPS) is 39.4. The summed E-state index contributed by atoms with van der Waals surface area (Å²) in [7, 11) is 9.29. The molecule has 9 atom stereocenters. The van der Waals surface area contributed by atoms with E-state index in [9.17, 15) is 4.57 Å². The van der Waals surface area contributed by atoms with Crippen LogP contribution in [0.25, 0.3) is 0 Å². The summed E-state index contributed by atoms with van der Waals surface area (Å²) in [5.74, 6) is 0.260. The van der Waals surface area contributed by atoms with E-state index in [0.717, 1.165) is 0 Å². The van der Waals surface area contributed by atoms with Gasteiger partial charge in [0.25, 0.3) is 0 Å². The first kappa shape index (κ1) is 27.3. The smallest absolute Gasteiger partial charge is 0.319 e. The Morgan fingerprint density at radius 1 is 1.00 bits per heavy atom. The molecule has 0 N–H and O–H groups in total. The fourth-order valence-corrected chi connectivity index (χ4v) is 4.59. The summed E-state index contributed by atoms with van der Waals surface area (Å²) in [6, 6.07) is -0.780. The van der Waals surface area contributed by atoms with Gasteiger partial charge in [0.2, 0.25) is 0 Å². The van der Waals surface area contributed by atoms with Gasteiger partial charge in [-0.05, 0) is 26.2 Å². The second-order valence-corrected chi connectivity index (χ2v) is 9.31. The van der Waals surface area contributed by atoms with E-state index in [1.54, 1.807) is 0 Å². The average Bonchev–Trinajstić information content (AvgIpc) is 3.00. The van der Waals surface area contributed by atoms with E-state index in [2.05, 4.69) is 0 Å². The summed E-state index contributed by atoms with van der Waals surface area (Å²) in [5.41, 5.74) is 0. The van der Waals surface area contributed by atoms with Gasteiger partial charge in [0.1, 0.15) is 15.7 Å². The average molecular weight is 487 g/mol. The van der Waals surface area contributed by atoms with E-state index < -0.39 is 14.3 Å². The van der Waals surface area contributed by atoms with Gasteiger partial charge in [-0.1, -0.05) is 27.7 Å². The molecular formula is C18H33B2O6PY. The first-order chi connectivity index (χ1) is 12.6. The van der Waals surface area contributed by atoms with E-state index in [0.29, 0.717) is 6.42 Å². The zero-order valence-corrected chi connectivity index (χ0v) is 21.7. The molecule has 10 heteroatoms. The third-order valence-electron chi connectivity index (χ3n) is 5.35. The maximum Gasteiger partial charge on any atom is 0.319 e. The maximum absolute atomic E-state index is 12.3. The van der Waals surface area contributed by atoms with Crippen LogP contribution in [0.15, 0.2) is 0 Å². The van der Waals surface area contributed by atoms with Crippen molar-refractivity contribution in [2.24, 2.45) is 17.8 Å². The van der Waals surface area contributed by atoms with Crippen molar-refractivity contribution in [1.82, 2.24) is 0 Å². The van der Waals surface area contributed by atoms with Gasteiger partial charge in [0.15, 0.2) is 0 Å². The predicted molar refractivity (Wildman–Crippen MR) is 106 cm³/mol. The molecule has 2 fully saturated rings. The van der Waals surface area contributed by atoms with E-state index >= 15 is 0 Å². The van der Waals surface area contributed by atoms with Crippen LogP contribution in [0.2, 0.25) is 0 Å². The molecule has 155 valence electrons. The number of ether oxygens (including phenoxy) is 3. The molecule has 0 amide bonds. The molecule has 28 heavy (non-hydrogen) atoms. The van der Waals surface area contributed by atoms with Crippen molar-refractivity contribution in [3.05, 3.63) is 0 Å². The first-order valence-corrected chi connectivity index (χ1v) is 11.1. The summed E-state index contributed by atoms with van der Waals surface area (Å²) >= 11 is 0. The van der Waals surface area contributed by atoms with Gasteiger partial charge in [-0.15, -0.1) is 0 Å². The minimum Gasteiger partial charge on any atom is -0.382 e. The largest absolute Gasteiger partial charge is 0.382 e. The van der Waals surface area contributed by atoms with Crippen LogP contribution in [0.4, 0.5) is 0 Å². The molecular weight excluding hydrogens is 454 g/mol. The molecule has 2 saturated heterocycles. The molecule has 6 nitrogen and oxygen atoms in total. The second-order valence-electron chi connectivity index (χ2n) is 8.29. The maximum atomic E-state index is 12.3. The van der Waals surface area contributed by atoms with E-state index in [1.807, 2.05) is 41.5 Å². The third kappa shape index (κ3) is 7.16. The quantitative estimate of drug-likeness (QED) is 0.369. The van der Waals surface area contributed by atoms with Gasteiger partial charge in [-0.3, -0.25) is 4.57 Å². The molecule has 2 aliphatic rings. The zero-order chi connectivity index (χ0) is 20.3. The SMILES string of the molecule is [B][C@@H]1O[C@H](C(C)C)C(O[PH](=O)OCC[C@H]2O[C@@H]([B])[C@@H](C)C2OC(C)C)[C@@H]1C.[Y]. The van der Waals surface area contributed by atoms with Gasteiger partial charge >= 0.3 is 8.25 Å². The van der Waals surface area contributed by atoms with Crippen molar-refractivity contribution in [2.75, 3.05) is 6.61 Å². The molecule has 3 unspecified atom stereocenters. The molecule has 0 saturated carbocycles. The molecule has 2 heterocycles. The summed E-state index contributed by atoms with van der Waals surface area (Å²) in [6.07, 6.45) is -0.179. The number of hydrogen-bond acceptors (Lipinski definition) is 6. The molecule has 0 aromatic carbocycles. The molecule has 2 rings (SSSR count). The van der Waals surface area contributed by atoms with Crippen LogP contribution in [-0.4, -0.2) is 64.8 Å². The molecule has 0 bridgehead atoms.